The molecule has 6 heteroatoms. The number of phenols is 2. The summed E-state index contributed by atoms with van der Waals surface area (Å²) in [5.41, 5.74) is -0.141. The van der Waals surface area contributed by atoms with Gasteiger partial charge in [-0.05, 0) is 24.1 Å². The lowest BCUT2D eigenvalue weighted by Crippen LogP contribution is -2.47. The molecule has 1 amide bonds. The van der Waals surface area contributed by atoms with E-state index >= 15 is 0 Å². The molecule has 4 N–H and O–H groups in total. The van der Waals surface area contributed by atoms with Crippen LogP contribution in [0.25, 0.3) is 0 Å². The van der Waals surface area contributed by atoms with Gasteiger partial charge in [0, 0.05) is 11.8 Å². The van der Waals surface area contributed by atoms with Gasteiger partial charge in [0.2, 0.25) is 5.91 Å². The normalized spacial score (nSPS) is 12.7. The Morgan fingerprint density at radius 1 is 1.24 bits per heavy atom. The summed E-state index contributed by atoms with van der Waals surface area (Å²) in [6.45, 7) is 5.34. The van der Waals surface area contributed by atoms with Crippen LogP contribution in [0.1, 0.15) is 32.8 Å². The van der Waals surface area contributed by atoms with Crippen LogP contribution >= 0.6 is 0 Å². The van der Waals surface area contributed by atoms with E-state index in [1.54, 1.807) is 13.8 Å². The average molecular weight is 295 g/mol. The Balaban J connectivity index is 2.86. The number of phenolic OH excluding ortho intramolecular Hbond substituents is 2. The van der Waals surface area contributed by atoms with Gasteiger partial charge in [0.25, 0.3) is 0 Å². The largest absolute Gasteiger partial charge is 0.504 e. The molecule has 1 rings (SSSR count). The zero-order valence-corrected chi connectivity index (χ0v) is 12.4. The number of hydrogen-bond acceptors (Lipinski definition) is 4. The Morgan fingerprint density at radius 3 is 2.33 bits per heavy atom. The van der Waals surface area contributed by atoms with Crippen molar-refractivity contribution in [1.29, 1.82) is 0 Å². The molecule has 0 saturated heterocycles. The van der Waals surface area contributed by atoms with Crippen molar-refractivity contribution in [3.8, 4) is 11.5 Å². The van der Waals surface area contributed by atoms with Crippen molar-refractivity contribution in [3.05, 3.63) is 23.8 Å². The molecule has 0 spiro atoms. The van der Waals surface area contributed by atoms with Gasteiger partial charge in [-0.3, -0.25) is 4.79 Å². The van der Waals surface area contributed by atoms with Crippen molar-refractivity contribution in [1.82, 2.24) is 5.32 Å². The quantitative estimate of drug-likeness (QED) is 0.597. The molecule has 0 bridgehead atoms. The van der Waals surface area contributed by atoms with Gasteiger partial charge in [0.05, 0.1) is 0 Å². The summed E-state index contributed by atoms with van der Waals surface area (Å²) in [7, 11) is 0. The lowest BCUT2D eigenvalue weighted by atomic mass is 9.88. The molecular weight excluding hydrogens is 274 g/mol. The molecule has 0 heterocycles. The average Bonchev–Trinajstić information content (AvgIpc) is 2.41. The van der Waals surface area contributed by atoms with Crippen LogP contribution in [0.5, 0.6) is 11.5 Å². The number of hydrogen-bond donors (Lipinski definition) is 4. The van der Waals surface area contributed by atoms with Crippen molar-refractivity contribution in [3.63, 3.8) is 0 Å². The topological polar surface area (TPSA) is 107 Å². The van der Waals surface area contributed by atoms with E-state index < -0.39 is 17.4 Å². The highest BCUT2D eigenvalue weighted by molar-refractivity contribution is 5.87. The molecule has 116 valence electrons. The van der Waals surface area contributed by atoms with Gasteiger partial charge in [-0.1, -0.05) is 26.8 Å². The fraction of sp³-hybridized carbons (Fsp3) is 0.467. The number of carbonyl (C=O) groups excluding carboxylic acids is 1. The van der Waals surface area contributed by atoms with E-state index in [1.807, 2.05) is 6.92 Å². The van der Waals surface area contributed by atoms with Crippen LogP contribution in [0.3, 0.4) is 0 Å². The first-order valence-corrected chi connectivity index (χ1v) is 6.72. The molecule has 0 aliphatic rings. The number of carboxylic acids is 1. The third kappa shape index (κ3) is 4.37. The molecule has 1 aromatic rings. The number of aliphatic carboxylic acids is 1. The summed E-state index contributed by atoms with van der Waals surface area (Å²) >= 11 is 0. The minimum atomic E-state index is -1.15. The first-order chi connectivity index (χ1) is 9.67. The summed E-state index contributed by atoms with van der Waals surface area (Å²) < 4.78 is 0. The molecule has 6 nitrogen and oxygen atoms in total. The van der Waals surface area contributed by atoms with E-state index in [9.17, 15) is 24.9 Å². The van der Waals surface area contributed by atoms with Gasteiger partial charge in [-0.15, -0.1) is 0 Å². The first kappa shape index (κ1) is 16.8. The third-order valence-corrected chi connectivity index (χ3v) is 3.58. The van der Waals surface area contributed by atoms with Crippen molar-refractivity contribution in [2.45, 2.75) is 39.7 Å². The molecule has 0 radical (unpaired) electrons. The van der Waals surface area contributed by atoms with E-state index in [2.05, 4.69) is 5.32 Å². The Morgan fingerprint density at radius 2 is 1.86 bits per heavy atom. The van der Waals surface area contributed by atoms with Crippen molar-refractivity contribution in [2.24, 2.45) is 5.41 Å². The number of carboxylic acid groups (broad SMARTS) is 1. The predicted molar refractivity (Wildman–Crippen MR) is 77.1 cm³/mol. The molecule has 1 aromatic carbocycles. The second-order valence-corrected chi connectivity index (χ2v) is 5.63. The van der Waals surface area contributed by atoms with Gasteiger partial charge in [0.1, 0.15) is 6.04 Å². The van der Waals surface area contributed by atoms with E-state index in [0.29, 0.717) is 12.0 Å². The SMILES string of the molecule is CCC(C)(C)C(=O)NC(Cc1ccc(O)c(O)c1)C(=O)O. The summed E-state index contributed by atoms with van der Waals surface area (Å²) in [5.74, 6) is -2.08. The Hall–Kier alpha value is -2.24. The maximum Gasteiger partial charge on any atom is 0.326 e. The fourth-order valence-corrected chi connectivity index (χ4v) is 1.65. The second kappa shape index (κ2) is 6.47. The zero-order valence-electron chi connectivity index (χ0n) is 12.4. The van der Waals surface area contributed by atoms with Crippen LogP contribution in [-0.4, -0.2) is 33.2 Å². The maximum atomic E-state index is 12.1. The summed E-state index contributed by atoms with van der Waals surface area (Å²) in [6.07, 6.45) is 0.611. The van der Waals surface area contributed by atoms with E-state index in [-0.39, 0.29) is 23.8 Å². The predicted octanol–water partition coefficient (Wildman–Crippen LogP) is 1.65. The van der Waals surface area contributed by atoms with Gasteiger partial charge in [-0.2, -0.15) is 0 Å². The zero-order chi connectivity index (χ0) is 16.2. The molecule has 1 unspecified atom stereocenters. The van der Waals surface area contributed by atoms with Crippen LogP contribution in [0.15, 0.2) is 18.2 Å². The summed E-state index contributed by atoms with van der Waals surface area (Å²) in [5, 5.41) is 30.4. The number of amides is 1. The summed E-state index contributed by atoms with van der Waals surface area (Å²) in [6, 6.07) is 2.97. The number of benzene rings is 1. The van der Waals surface area contributed by atoms with Gasteiger partial charge < -0.3 is 20.6 Å². The smallest absolute Gasteiger partial charge is 0.326 e. The van der Waals surface area contributed by atoms with Gasteiger partial charge in [-0.25, -0.2) is 4.79 Å². The van der Waals surface area contributed by atoms with E-state index in [0.717, 1.165) is 0 Å². The molecule has 0 aliphatic heterocycles. The number of aromatic hydroxyl groups is 2. The number of rotatable bonds is 6. The number of carbonyl (C=O) groups is 2. The highest BCUT2D eigenvalue weighted by Crippen LogP contribution is 2.25. The van der Waals surface area contributed by atoms with Gasteiger partial charge >= 0.3 is 5.97 Å². The standard InChI is InChI=1S/C15H21NO5/c1-4-15(2,3)14(21)16-10(13(19)20)7-9-5-6-11(17)12(18)8-9/h5-6,8,10,17-18H,4,7H2,1-3H3,(H,16,21)(H,19,20). The monoisotopic (exact) mass is 295 g/mol. The van der Waals surface area contributed by atoms with Crippen LogP contribution in [-0.2, 0) is 16.0 Å². The molecule has 0 saturated carbocycles. The highest BCUT2D eigenvalue weighted by atomic mass is 16.4. The molecule has 0 fully saturated rings. The van der Waals surface area contributed by atoms with Crippen LogP contribution in [0.2, 0.25) is 0 Å². The number of nitrogens with one attached hydrogen (secondary N) is 1. The van der Waals surface area contributed by atoms with Crippen LogP contribution in [0.4, 0.5) is 0 Å². The van der Waals surface area contributed by atoms with Gasteiger partial charge in [0.15, 0.2) is 11.5 Å². The Labute approximate surface area is 123 Å². The van der Waals surface area contributed by atoms with Crippen LogP contribution < -0.4 is 5.32 Å². The fourth-order valence-electron chi connectivity index (χ4n) is 1.65. The Kier molecular flexibility index (Phi) is 5.18. The lowest BCUT2D eigenvalue weighted by molar-refractivity contribution is -0.143. The lowest BCUT2D eigenvalue weighted by Gasteiger charge is -2.24. The van der Waals surface area contributed by atoms with Crippen LogP contribution in [0, 0.1) is 5.41 Å². The van der Waals surface area contributed by atoms with E-state index in [4.69, 9.17) is 0 Å². The molecule has 21 heavy (non-hydrogen) atoms. The minimum Gasteiger partial charge on any atom is -0.504 e. The van der Waals surface area contributed by atoms with Crippen molar-refractivity contribution in [2.75, 3.05) is 0 Å². The third-order valence-electron chi connectivity index (χ3n) is 3.58. The molecule has 1 atom stereocenters. The second-order valence-electron chi connectivity index (χ2n) is 5.63. The molecule has 0 aromatic heterocycles. The first-order valence-electron chi connectivity index (χ1n) is 6.72. The summed E-state index contributed by atoms with van der Waals surface area (Å²) in [4.78, 5) is 23.3. The molecular formula is C15H21NO5. The highest BCUT2D eigenvalue weighted by Gasteiger charge is 2.29. The molecule has 0 aliphatic carbocycles. The van der Waals surface area contributed by atoms with Crippen molar-refractivity contribution < 1.29 is 24.9 Å². The Bertz CT molecular complexity index is 539. The minimum absolute atomic E-state index is 0.0225. The van der Waals surface area contributed by atoms with E-state index in [1.165, 1.54) is 18.2 Å². The van der Waals surface area contributed by atoms with Crippen molar-refractivity contribution >= 4 is 11.9 Å². The maximum absolute atomic E-state index is 12.1.